The fourth-order valence-corrected chi connectivity index (χ4v) is 4.34. The monoisotopic (exact) mass is 424 g/mol. The normalized spacial score (nSPS) is 18.5. The number of ketones is 1. The summed E-state index contributed by atoms with van der Waals surface area (Å²) in [5.74, 6) is -0.572. The molecule has 2 aromatic carbocycles. The highest BCUT2D eigenvalue weighted by Crippen LogP contribution is 2.51. The average Bonchev–Trinajstić information content (AvgIpc) is 3.14. The highest BCUT2D eigenvalue weighted by molar-refractivity contribution is 5.99. The van der Waals surface area contributed by atoms with Gasteiger partial charge in [0.25, 0.3) is 0 Å². The zero-order chi connectivity index (χ0) is 21.8. The van der Waals surface area contributed by atoms with Crippen molar-refractivity contribution in [2.24, 2.45) is 0 Å². The Morgan fingerprint density at radius 2 is 1.74 bits per heavy atom. The van der Waals surface area contributed by atoms with Gasteiger partial charge >= 0.3 is 6.18 Å². The van der Waals surface area contributed by atoms with E-state index >= 15 is 0 Å². The van der Waals surface area contributed by atoms with Crippen LogP contribution in [-0.2, 0) is 11.0 Å². The molecule has 4 nitrogen and oxygen atoms in total. The van der Waals surface area contributed by atoms with Crippen molar-refractivity contribution in [3.05, 3.63) is 88.3 Å². The Kier molecular flexibility index (Phi) is 4.50. The number of fused-ring (bicyclic) bond motifs is 1. The number of hydrogen-bond donors (Lipinski definition) is 0. The molecule has 0 radical (unpaired) electrons. The number of nitrogens with zero attached hydrogens (tertiary/aromatic N) is 2. The number of ether oxygens (including phenoxy) is 1. The lowest BCUT2D eigenvalue weighted by molar-refractivity contribution is -0.142. The van der Waals surface area contributed by atoms with Crippen molar-refractivity contribution in [3.63, 3.8) is 0 Å². The summed E-state index contributed by atoms with van der Waals surface area (Å²) < 4.78 is 49.6. The number of aromatic nitrogens is 2. The lowest BCUT2D eigenvalue weighted by Crippen LogP contribution is -2.27. The summed E-state index contributed by atoms with van der Waals surface area (Å²) in [6.45, 7) is 1.91. The van der Waals surface area contributed by atoms with Gasteiger partial charge in [-0.2, -0.15) is 23.0 Å². The van der Waals surface area contributed by atoms with Crippen LogP contribution in [0.25, 0.3) is 5.69 Å². The quantitative estimate of drug-likeness (QED) is 0.528. The molecule has 158 valence electrons. The molecule has 7 heteroatoms. The average molecular weight is 424 g/mol. The van der Waals surface area contributed by atoms with Crippen LogP contribution < -0.4 is 4.74 Å². The van der Waals surface area contributed by atoms with E-state index in [2.05, 4.69) is 5.10 Å². The number of carbonyl (C=O) groups is 1. The SMILES string of the molecule is Cc1ccc(C2C3=C(CCCC3=O)Oc3c2c(C(F)(F)F)nn3-c2ccccc2)cc1. The maximum Gasteiger partial charge on any atom is 0.435 e. The number of alkyl halides is 3. The lowest BCUT2D eigenvalue weighted by atomic mass is 9.77. The van der Waals surface area contributed by atoms with Gasteiger partial charge in [0.1, 0.15) is 5.76 Å². The second-order valence-corrected chi connectivity index (χ2v) is 7.87. The van der Waals surface area contributed by atoms with Crippen molar-refractivity contribution in [1.29, 1.82) is 0 Å². The summed E-state index contributed by atoms with van der Waals surface area (Å²) in [5.41, 5.74) is 1.26. The molecule has 1 aromatic heterocycles. The zero-order valence-electron chi connectivity index (χ0n) is 16.7. The van der Waals surface area contributed by atoms with Gasteiger partial charge in [-0.05, 0) is 31.0 Å². The molecule has 2 heterocycles. The van der Waals surface area contributed by atoms with E-state index in [0.29, 0.717) is 41.8 Å². The van der Waals surface area contributed by atoms with Crippen molar-refractivity contribution in [2.45, 2.75) is 38.3 Å². The molecule has 0 saturated carbocycles. The Morgan fingerprint density at radius 3 is 2.42 bits per heavy atom. The summed E-state index contributed by atoms with van der Waals surface area (Å²) in [6, 6.07) is 15.8. The maximum atomic E-state index is 14.1. The number of halogens is 3. The summed E-state index contributed by atoms with van der Waals surface area (Å²) in [5, 5.41) is 3.94. The third kappa shape index (κ3) is 3.24. The van der Waals surface area contributed by atoms with Crippen molar-refractivity contribution < 1.29 is 22.7 Å². The van der Waals surface area contributed by atoms with Crippen LogP contribution in [0.1, 0.15) is 47.6 Å². The topological polar surface area (TPSA) is 44.1 Å². The Hall–Kier alpha value is -3.35. The van der Waals surface area contributed by atoms with E-state index in [9.17, 15) is 18.0 Å². The van der Waals surface area contributed by atoms with Gasteiger partial charge in [0.05, 0.1) is 11.3 Å². The third-order valence-corrected chi connectivity index (χ3v) is 5.76. The Balaban J connectivity index is 1.82. The molecule has 0 saturated heterocycles. The fourth-order valence-electron chi connectivity index (χ4n) is 4.34. The smallest absolute Gasteiger partial charge is 0.435 e. The summed E-state index contributed by atoms with van der Waals surface area (Å²) in [7, 11) is 0. The number of carbonyl (C=O) groups excluding carboxylic acids is 1. The minimum absolute atomic E-state index is 0.0255. The van der Waals surface area contributed by atoms with Crippen LogP contribution in [0.15, 0.2) is 65.9 Å². The predicted molar refractivity (Wildman–Crippen MR) is 108 cm³/mol. The van der Waals surface area contributed by atoms with Gasteiger partial charge in [-0.15, -0.1) is 0 Å². The van der Waals surface area contributed by atoms with Crippen molar-refractivity contribution in [1.82, 2.24) is 9.78 Å². The number of Topliss-reactive ketones (excluding diaryl/α,β-unsaturated/α-hetero) is 1. The van der Waals surface area contributed by atoms with Gasteiger partial charge in [0.2, 0.25) is 5.88 Å². The first-order chi connectivity index (χ1) is 14.8. The molecule has 0 amide bonds. The van der Waals surface area contributed by atoms with Crippen LogP contribution in [0.4, 0.5) is 13.2 Å². The minimum Gasteiger partial charge on any atom is -0.442 e. The van der Waals surface area contributed by atoms with E-state index in [4.69, 9.17) is 4.74 Å². The van der Waals surface area contributed by atoms with Gasteiger partial charge in [-0.3, -0.25) is 4.79 Å². The molecule has 5 rings (SSSR count). The number of hydrogen-bond acceptors (Lipinski definition) is 3. The fraction of sp³-hybridized carbons (Fsp3) is 0.250. The standard InChI is InChI=1S/C24H19F3N2O2/c1-14-10-12-15(13-11-14)19-20-17(30)8-5-9-18(20)31-23-21(19)22(24(25,26)27)28-29(23)16-6-3-2-4-7-16/h2-4,6-7,10-13,19H,5,8-9H2,1H3. The first-order valence-corrected chi connectivity index (χ1v) is 10.1. The molecule has 0 fully saturated rings. The molecule has 1 unspecified atom stereocenters. The van der Waals surface area contributed by atoms with Crippen molar-refractivity contribution in [2.75, 3.05) is 0 Å². The number of aryl methyl sites for hydroxylation is 1. The number of para-hydroxylation sites is 1. The van der Waals surface area contributed by atoms with Crippen LogP contribution in [0.3, 0.4) is 0 Å². The molecule has 0 bridgehead atoms. The second-order valence-electron chi connectivity index (χ2n) is 7.87. The molecule has 0 N–H and O–H groups in total. The number of benzene rings is 2. The van der Waals surface area contributed by atoms with E-state index in [1.54, 1.807) is 42.5 Å². The van der Waals surface area contributed by atoms with Gasteiger partial charge in [0.15, 0.2) is 11.5 Å². The molecule has 1 aliphatic carbocycles. The minimum atomic E-state index is -4.70. The Labute approximate surface area is 177 Å². The molecule has 0 spiro atoms. The summed E-state index contributed by atoms with van der Waals surface area (Å²) in [6.07, 6.45) is -3.29. The zero-order valence-corrected chi connectivity index (χ0v) is 16.7. The molecule has 31 heavy (non-hydrogen) atoms. The van der Waals surface area contributed by atoms with E-state index in [0.717, 1.165) is 5.56 Å². The van der Waals surface area contributed by atoms with Crippen LogP contribution in [0, 0.1) is 6.92 Å². The molecule has 1 atom stereocenters. The lowest BCUT2D eigenvalue weighted by Gasteiger charge is -2.32. The molecular formula is C24H19F3N2O2. The Morgan fingerprint density at radius 1 is 1.03 bits per heavy atom. The summed E-state index contributed by atoms with van der Waals surface area (Å²) >= 11 is 0. The van der Waals surface area contributed by atoms with Crippen LogP contribution in [0.2, 0.25) is 0 Å². The van der Waals surface area contributed by atoms with Crippen LogP contribution >= 0.6 is 0 Å². The van der Waals surface area contributed by atoms with Gasteiger partial charge < -0.3 is 4.74 Å². The van der Waals surface area contributed by atoms with Gasteiger partial charge in [-0.1, -0.05) is 48.0 Å². The number of rotatable bonds is 2. The Bertz CT molecular complexity index is 1190. The van der Waals surface area contributed by atoms with Crippen LogP contribution in [-0.4, -0.2) is 15.6 Å². The van der Waals surface area contributed by atoms with Crippen molar-refractivity contribution in [3.8, 4) is 11.6 Å². The number of allylic oxidation sites excluding steroid dienone is 2. The second kappa shape index (κ2) is 7.11. The van der Waals surface area contributed by atoms with E-state index < -0.39 is 17.8 Å². The first kappa shape index (κ1) is 19.6. The first-order valence-electron chi connectivity index (χ1n) is 10.1. The largest absolute Gasteiger partial charge is 0.442 e. The van der Waals surface area contributed by atoms with Gasteiger partial charge in [0, 0.05) is 24.3 Å². The highest BCUT2D eigenvalue weighted by atomic mass is 19.4. The van der Waals surface area contributed by atoms with Gasteiger partial charge in [-0.25, -0.2) is 0 Å². The molecular weight excluding hydrogens is 405 g/mol. The van der Waals surface area contributed by atoms with E-state index in [1.165, 1.54) is 4.68 Å². The maximum absolute atomic E-state index is 14.1. The van der Waals surface area contributed by atoms with E-state index in [1.807, 2.05) is 19.1 Å². The molecule has 3 aromatic rings. The van der Waals surface area contributed by atoms with Crippen LogP contribution in [0.5, 0.6) is 5.88 Å². The van der Waals surface area contributed by atoms with Crippen molar-refractivity contribution >= 4 is 5.78 Å². The molecule has 1 aliphatic heterocycles. The third-order valence-electron chi connectivity index (χ3n) is 5.76. The highest BCUT2D eigenvalue weighted by Gasteiger charge is 2.47. The molecule has 2 aliphatic rings. The predicted octanol–water partition coefficient (Wildman–Crippen LogP) is 5.73. The van der Waals surface area contributed by atoms with E-state index in [-0.39, 0.29) is 17.2 Å². The summed E-state index contributed by atoms with van der Waals surface area (Å²) in [4.78, 5) is 12.9.